The number of hydrogen-bond acceptors (Lipinski definition) is 5. The van der Waals surface area contributed by atoms with Gasteiger partial charge in [-0.2, -0.15) is 0 Å². The Morgan fingerprint density at radius 3 is 2.63 bits per heavy atom. The maximum absolute atomic E-state index is 12.9. The molecule has 1 saturated heterocycles. The van der Waals surface area contributed by atoms with Gasteiger partial charge < -0.3 is 4.90 Å². The van der Waals surface area contributed by atoms with Gasteiger partial charge in [-0.3, -0.25) is 4.79 Å². The zero-order valence-electron chi connectivity index (χ0n) is 14.3. The van der Waals surface area contributed by atoms with Crippen molar-refractivity contribution in [3.05, 3.63) is 64.1 Å². The molecule has 1 amide bonds. The Kier molecular flexibility index (Phi) is 4.92. The first kappa shape index (κ1) is 18.4. The number of benzene rings is 2. The number of thiazole rings is 1. The third-order valence-corrected chi connectivity index (χ3v) is 8.23. The number of halogens is 1. The Labute approximate surface area is 166 Å². The summed E-state index contributed by atoms with van der Waals surface area (Å²) in [6, 6.07) is 14.6. The summed E-state index contributed by atoms with van der Waals surface area (Å²) in [6.45, 7) is 0.516. The summed E-state index contributed by atoms with van der Waals surface area (Å²) in [5.74, 6) is -0.300. The quantitative estimate of drug-likeness (QED) is 0.629. The minimum absolute atomic E-state index is 0.0838. The van der Waals surface area contributed by atoms with Crippen LogP contribution in [0.3, 0.4) is 0 Å². The summed E-state index contributed by atoms with van der Waals surface area (Å²) >= 11 is 7.56. The molecule has 4 rings (SSSR count). The highest BCUT2D eigenvalue weighted by molar-refractivity contribution is 7.91. The number of rotatable bonds is 2. The summed E-state index contributed by atoms with van der Waals surface area (Å²) in [6.07, 6.45) is 0.322. The van der Waals surface area contributed by atoms with Crippen molar-refractivity contribution in [2.45, 2.75) is 11.7 Å². The van der Waals surface area contributed by atoms with Gasteiger partial charge in [0.1, 0.15) is 0 Å². The molecule has 1 aliphatic rings. The molecule has 0 bridgehead atoms. The van der Waals surface area contributed by atoms with E-state index in [0.29, 0.717) is 28.6 Å². The maximum atomic E-state index is 12.9. The highest BCUT2D eigenvalue weighted by atomic mass is 35.5. The molecule has 3 aromatic rings. The van der Waals surface area contributed by atoms with E-state index < -0.39 is 15.1 Å². The normalized spacial score (nSPS) is 19.7. The second-order valence-electron chi connectivity index (χ2n) is 6.44. The first-order valence-corrected chi connectivity index (χ1v) is 11.5. The topological polar surface area (TPSA) is 67.3 Å². The molecular formula is C19H17ClN2O3S2. The number of carbonyl (C=O) groups is 1. The van der Waals surface area contributed by atoms with E-state index in [9.17, 15) is 13.2 Å². The third-order valence-electron chi connectivity index (χ3n) is 4.76. The number of para-hydroxylation sites is 1. The molecule has 0 N–H and O–H groups in total. The van der Waals surface area contributed by atoms with Crippen molar-refractivity contribution >= 4 is 48.9 Å². The molecular weight excluding hydrogens is 404 g/mol. The van der Waals surface area contributed by atoms with Crippen molar-refractivity contribution in [1.82, 2.24) is 9.88 Å². The molecule has 8 heteroatoms. The average molecular weight is 421 g/mol. The number of nitrogens with zero attached hydrogens (tertiary/aromatic N) is 2. The van der Waals surface area contributed by atoms with Crippen molar-refractivity contribution < 1.29 is 13.2 Å². The van der Waals surface area contributed by atoms with E-state index in [-0.39, 0.29) is 18.2 Å². The second kappa shape index (κ2) is 7.22. The Hall–Kier alpha value is -1.96. The minimum Gasteiger partial charge on any atom is -0.336 e. The lowest BCUT2D eigenvalue weighted by Crippen LogP contribution is -2.33. The maximum Gasteiger partial charge on any atom is 0.282 e. The van der Waals surface area contributed by atoms with Crippen LogP contribution in [0.1, 0.15) is 27.0 Å². The predicted octanol–water partition coefficient (Wildman–Crippen LogP) is 3.95. The molecule has 1 unspecified atom stereocenters. The molecule has 1 atom stereocenters. The van der Waals surface area contributed by atoms with Gasteiger partial charge in [-0.05, 0) is 30.2 Å². The second-order valence-corrected chi connectivity index (χ2v) is 10.2. The van der Waals surface area contributed by atoms with Crippen molar-refractivity contribution in [2.24, 2.45) is 0 Å². The summed E-state index contributed by atoms with van der Waals surface area (Å²) in [4.78, 5) is 18.9. The molecule has 1 aliphatic heterocycles. The fourth-order valence-corrected chi connectivity index (χ4v) is 6.41. The largest absolute Gasteiger partial charge is 0.336 e. The van der Waals surface area contributed by atoms with Gasteiger partial charge in [0.05, 0.1) is 21.2 Å². The summed E-state index contributed by atoms with van der Waals surface area (Å²) < 4.78 is 26.5. The number of sulfone groups is 1. The van der Waals surface area contributed by atoms with Crippen LogP contribution in [0, 0.1) is 0 Å². The van der Waals surface area contributed by atoms with Gasteiger partial charge in [0.25, 0.3) is 5.91 Å². The first-order valence-electron chi connectivity index (χ1n) is 8.56. The number of carbonyl (C=O) groups excluding carboxylic acids is 1. The number of hydrogen-bond donors (Lipinski definition) is 0. The van der Waals surface area contributed by atoms with Gasteiger partial charge in [-0.25, -0.2) is 13.4 Å². The number of amides is 1. The van der Waals surface area contributed by atoms with E-state index in [4.69, 9.17) is 11.6 Å². The zero-order chi connectivity index (χ0) is 19.0. The Morgan fingerprint density at radius 1 is 1.11 bits per heavy atom. The summed E-state index contributed by atoms with van der Waals surface area (Å²) in [5.41, 5.74) is 1.38. The predicted molar refractivity (Wildman–Crippen MR) is 108 cm³/mol. The molecule has 1 fully saturated rings. The van der Waals surface area contributed by atoms with Crippen LogP contribution in [0.4, 0.5) is 0 Å². The lowest BCUT2D eigenvalue weighted by atomic mass is 10.1. The standard InChI is InChI=1S/C19H17ClN2O3S2/c20-14-6-2-1-5-13(14)17-9-10-22(11-12-27(17,24)25)19(23)18-21-15-7-3-4-8-16(15)26-18/h1-8,17H,9-12H2. The van der Waals surface area contributed by atoms with Crippen LogP contribution in [-0.2, 0) is 9.84 Å². The fraction of sp³-hybridized carbons (Fsp3) is 0.263. The van der Waals surface area contributed by atoms with Crippen molar-refractivity contribution in [2.75, 3.05) is 18.8 Å². The molecule has 27 heavy (non-hydrogen) atoms. The molecule has 2 heterocycles. The molecule has 2 aromatic carbocycles. The molecule has 0 radical (unpaired) electrons. The summed E-state index contributed by atoms with van der Waals surface area (Å²) in [5, 5.41) is 0.140. The van der Waals surface area contributed by atoms with Gasteiger partial charge in [-0.1, -0.05) is 41.9 Å². The SMILES string of the molecule is O=C(c1nc2ccccc2s1)N1CCC(c2ccccc2Cl)S(=O)(=O)CC1. The van der Waals surface area contributed by atoms with Crippen LogP contribution in [0.5, 0.6) is 0 Å². The highest BCUT2D eigenvalue weighted by Gasteiger charge is 2.34. The molecule has 140 valence electrons. The Balaban J connectivity index is 1.60. The fourth-order valence-electron chi connectivity index (χ4n) is 3.33. The van der Waals surface area contributed by atoms with Crippen LogP contribution in [-0.4, -0.2) is 43.1 Å². The smallest absolute Gasteiger partial charge is 0.282 e. The van der Waals surface area contributed by atoms with E-state index in [1.54, 1.807) is 29.2 Å². The highest BCUT2D eigenvalue weighted by Crippen LogP contribution is 2.34. The van der Waals surface area contributed by atoms with Crippen LogP contribution in [0.25, 0.3) is 10.2 Å². The van der Waals surface area contributed by atoms with E-state index in [2.05, 4.69) is 4.98 Å². The van der Waals surface area contributed by atoms with Crippen LogP contribution < -0.4 is 0 Å². The zero-order valence-corrected chi connectivity index (χ0v) is 16.7. The van der Waals surface area contributed by atoms with Crippen LogP contribution in [0.15, 0.2) is 48.5 Å². The van der Waals surface area contributed by atoms with E-state index in [1.807, 2.05) is 24.3 Å². The van der Waals surface area contributed by atoms with Gasteiger partial charge in [0, 0.05) is 18.1 Å². The van der Waals surface area contributed by atoms with Gasteiger partial charge >= 0.3 is 0 Å². The van der Waals surface area contributed by atoms with Gasteiger partial charge in [-0.15, -0.1) is 11.3 Å². The first-order chi connectivity index (χ1) is 13.0. The van der Waals surface area contributed by atoms with E-state index in [0.717, 1.165) is 10.2 Å². The summed E-state index contributed by atoms with van der Waals surface area (Å²) in [7, 11) is -3.40. The average Bonchev–Trinajstić information content (AvgIpc) is 3.02. The van der Waals surface area contributed by atoms with Crippen molar-refractivity contribution in [1.29, 1.82) is 0 Å². The lowest BCUT2D eigenvalue weighted by Gasteiger charge is -2.18. The monoisotopic (exact) mass is 420 g/mol. The number of fused-ring (bicyclic) bond motifs is 1. The van der Waals surface area contributed by atoms with Crippen LogP contribution >= 0.6 is 22.9 Å². The van der Waals surface area contributed by atoms with E-state index in [1.165, 1.54) is 11.3 Å². The van der Waals surface area contributed by atoms with Gasteiger partial charge in [0.15, 0.2) is 14.8 Å². The number of aromatic nitrogens is 1. The molecule has 0 saturated carbocycles. The molecule has 0 spiro atoms. The van der Waals surface area contributed by atoms with Gasteiger partial charge in [0.2, 0.25) is 0 Å². The van der Waals surface area contributed by atoms with Crippen molar-refractivity contribution in [3.8, 4) is 0 Å². The third kappa shape index (κ3) is 3.59. The minimum atomic E-state index is -3.40. The Morgan fingerprint density at radius 2 is 1.85 bits per heavy atom. The van der Waals surface area contributed by atoms with Crippen molar-refractivity contribution in [3.63, 3.8) is 0 Å². The molecule has 0 aliphatic carbocycles. The van der Waals surface area contributed by atoms with Crippen LogP contribution in [0.2, 0.25) is 5.02 Å². The molecule has 5 nitrogen and oxygen atoms in total. The Bertz CT molecular complexity index is 1080. The van der Waals surface area contributed by atoms with E-state index >= 15 is 0 Å². The molecule has 1 aromatic heterocycles. The lowest BCUT2D eigenvalue weighted by molar-refractivity contribution is 0.0766.